The molecule has 160 valence electrons. The summed E-state index contributed by atoms with van der Waals surface area (Å²) in [6.45, 7) is 2.41. The Morgan fingerprint density at radius 2 is 1.73 bits per heavy atom. The first kappa shape index (κ1) is 22.0. The molecule has 1 aliphatic heterocycles. The highest BCUT2D eigenvalue weighted by Crippen LogP contribution is 2.14. The van der Waals surface area contributed by atoms with Gasteiger partial charge in [0.25, 0.3) is 0 Å². The standard InChI is InChI=1S/C22H28N4O3S/c1-25(16-12-18-8-10-19(11-9-18)22-23-14-15-24-22)21(27)13-17-26(2)30(28,29)20-6-4-3-5-7-20/h3-11H,12-17H2,1-2H3,(H,23,24). The van der Waals surface area contributed by atoms with E-state index >= 15 is 0 Å². The summed E-state index contributed by atoms with van der Waals surface area (Å²) in [4.78, 5) is 18.7. The maximum atomic E-state index is 12.5. The van der Waals surface area contributed by atoms with Crippen LogP contribution in [-0.4, -0.2) is 69.6 Å². The van der Waals surface area contributed by atoms with Crippen LogP contribution in [0.5, 0.6) is 0 Å². The number of sulfonamides is 1. The Balaban J connectivity index is 1.46. The molecule has 1 N–H and O–H groups in total. The number of amidine groups is 1. The molecular weight excluding hydrogens is 400 g/mol. The topological polar surface area (TPSA) is 82.1 Å². The average Bonchev–Trinajstić information content (AvgIpc) is 3.31. The second-order valence-electron chi connectivity index (χ2n) is 7.31. The van der Waals surface area contributed by atoms with E-state index in [1.807, 2.05) is 12.1 Å². The van der Waals surface area contributed by atoms with Crippen molar-refractivity contribution in [2.24, 2.45) is 4.99 Å². The predicted molar refractivity (Wildman–Crippen MR) is 118 cm³/mol. The summed E-state index contributed by atoms with van der Waals surface area (Å²) in [6, 6.07) is 16.4. The van der Waals surface area contributed by atoms with Gasteiger partial charge in [0.15, 0.2) is 0 Å². The quantitative estimate of drug-likeness (QED) is 0.660. The van der Waals surface area contributed by atoms with Crippen molar-refractivity contribution >= 4 is 21.8 Å². The molecule has 7 nitrogen and oxygen atoms in total. The van der Waals surface area contributed by atoms with Crippen molar-refractivity contribution in [3.8, 4) is 0 Å². The van der Waals surface area contributed by atoms with E-state index < -0.39 is 10.0 Å². The molecule has 1 heterocycles. The molecule has 0 unspecified atom stereocenters. The molecule has 3 rings (SSSR count). The third-order valence-corrected chi connectivity index (χ3v) is 7.03. The van der Waals surface area contributed by atoms with Gasteiger partial charge in [-0.1, -0.05) is 42.5 Å². The molecule has 0 aliphatic carbocycles. The molecule has 8 heteroatoms. The Kier molecular flexibility index (Phi) is 7.23. The van der Waals surface area contributed by atoms with Crippen LogP contribution < -0.4 is 5.32 Å². The molecule has 0 bridgehead atoms. The van der Waals surface area contributed by atoms with Gasteiger partial charge in [0.05, 0.1) is 11.4 Å². The van der Waals surface area contributed by atoms with Crippen LogP contribution in [0.4, 0.5) is 0 Å². The lowest BCUT2D eigenvalue weighted by molar-refractivity contribution is -0.129. The first-order valence-corrected chi connectivity index (χ1v) is 11.4. The predicted octanol–water partition coefficient (Wildman–Crippen LogP) is 1.75. The molecule has 0 aromatic heterocycles. The molecular formula is C22H28N4O3S. The van der Waals surface area contributed by atoms with Crippen molar-refractivity contribution in [1.82, 2.24) is 14.5 Å². The van der Waals surface area contributed by atoms with E-state index in [1.165, 1.54) is 11.4 Å². The minimum Gasteiger partial charge on any atom is -0.368 e. The zero-order chi connectivity index (χ0) is 21.6. The van der Waals surface area contributed by atoms with E-state index in [4.69, 9.17) is 0 Å². The SMILES string of the molecule is CN(CCc1ccc(C2=NCCN2)cc1)C(=O)CCN(C)S(=O)(=O)c1ccccc1. The first-order valence-electron chi connectivity index (χ1n) is 10.0. The fourth-order valence-corrected chi connectivity index (χ4v) is 4.37. The fourth-order valence-electron chi connectivity index (χ4n) is 3.18. The van der Waals surface area contributed by atoms with Crippen molar-refractivity contribution in [1.29, 1.82) is 0 Å². The van der Waals surface area contributed by atoms with Gasteiger partial charge in [-0.3, -0.25) is 9.79 Å². The van der Waals surface area contributed by atoms with Gasteiger partial charge in [0, 0.05) is 45.7 Å². The number of carbonyl (C=O) groups is 1. The largest absolute Gasteiger partial charge is 0.368 e. The number of nitrogens with zero attached hydrogens (tertiary/aromatic N) is 3. The Morgan fingerprint density at radius 1 is 1.03 bits per heavy atom. The van der Waals surface area contributed by atoms with E-state index in [0.717, 1.165) is 36.5 Å². The second kappa shape index (κ2) is 9.86. The molecule has 0 fully saturated rings. The lowest BCUT2D eigenvalue weighted by Gasteiger charge is -2.20. The molecule has 0 atom stereocenters. The number of aliphatic imine (C=N–C) groups is 1. The summed E-state index contributed by atoms with van der Waals surface area (Å²) in [5.74, 6) is 0.856. The van der Waals surface area contributed by atoms with Crippen LogP contribution in [0.1, 0.15) is 17.5 Å². The van der Waals surface area contributed by atoms with E-state index in [9.17, 15) is 13.2 Å². The number of hydrogen-bond donors (Lipinski definition) is 1. The van der Waals surface area contributed by atoms with Gasteiger partial charge in [-0.05, 0) is 24.1 Å². The number of rotatable bonds is 9. The monoisotopic (exact) mass is 428 g/mol. The molecule has 1 amide bonds. The van der Waals surface area contributed by atoms with Crippen LogP contribution in [0, 0.1) is 0 Å². The molecule has 0 saturated carbocycles. The van der Waals surface area contributed by atoms with Crippen molar-refractivity contribution in [2.75, 3.05) is 40.3 Å². The van der Waals surface area contributed by atoms with Gasteiger partial charge in [-0.2, -0.15) is 0 Å². The summed E-state index contributed by atoms with van der Waals surface area (Å²) in [5.41, 5.74) is 2.21. The third kappa shape index (κ3) is 5.46. The number of likely N-dealkylation sites (N-methyl/N-ethyl adjacent to an activating group) is 1. The lowest BCUT2D eigenvalue weighted by atomic mass is 10.1. The molecule has 0 spiro atoms. The summed E-state index contributed by atoms with van der Waals surface area (Å²) >= 11 is 0. The summed E-state index contributed by atoms with van der Waals surface area (Å²) in [6.07, 6.45) is 0.879. The second-order valence-corrected chi connectivity index (χ2v) is 9.35. The molecule has 0 radical (unpaired) electrons. The third-order valence-electron chi connectivity index (χ3n) is 5.16. The van der Waals surface area contributed by atoms with Crippen LogP contribution in [0.15, 0.2) is 64.5 Å². The highest BCUT2D eigenvalue weighted by atomic mass is 32.2. The van der Waals surface area contributed by atoms with Crippen LogP contribution in [0.3, 0.4) is 0 Å². The smallest absolute Gasteiger partial charge is 0.242 e. The van der Waals surface area contributed by atoms with E-state index in [0.29, 0.717) is 6.54 Å². The van der Waals surface area contributed by atoms with Gasteiger partial charge < -0.3 is 10.2 Å². The Morgan fingerprint density at radius 3 is 2.37 bits per heavy atom. The minimum absolute atomic E-state index is 0.0776. The molecule has 30 heavy (non-hydrogen) atoms. The van der Waals surface area contributed by atoms with Gasteiger partial charge >= 0.3 is 0 Å². The van der Waals surface area contributed by atoms with Gasteiger partial charge in [0.2, 0.25) is 15.9 Å². The van der Waals surface area contributed by atoms with E-state index in [2.05, 4.69) is 22.4 Å². The molecule has 0 saturated heterocycles. The Bertz CT molecular complexity index is 989. The zero-order valence-electron chi connectivity index (χ0n) is 17.4. The number of benzene rings is 2. The number of amides is 1. The highest BCUT2D eigenvalue weighted by molar-refractivity contribution is 7.89. The molecule has 1 aliphatic rings. The van der Waals surface area contributed by atoms with Gasteiger partial charge in [-0.25, -0.2) is 12.7 Å². The summed E-state index contributed by atoms with van der Waals surface area (Å²) in [7, 11) is -0.329. The van der Waals surface area contributed by atoms with Crippen LogP contribution >= 0.6 is 0 Å². The average molecular weight is 429 g/mol. The summed E-state index contributed by atoms with van der Waals surface area (Å²) in [5, 5.41) is 3.25. The normalized spacial score (nSPS) is 13.8. The fraction of sp³-hybridized carbons (Fsp3) is 0.364. The molecule has 2 aromatic rings. The summed E-state index contributed by atoms with van der Waals surface area (Å²) < 4.78 is 26.3. The first-order chi connectivity index (χ1) is 14.4. The van der Waals surface area contributed by atoms with Gasteiger partial charge in [0.1, 0.15) is 5.84 Å². The van der Waals surface area contributed by atoms with E-state index in [1.54, 1.807) is 42.3 Å². The molecule has 2 aromatic carbocycles. The van der Waals surface area contributed by atoms with Gasteiger partial charge in [-0.15, -0.1) is 0 Å². The van der Waals surface area contributed by atoms with Crippen molar-refractivity contribution in [3.63, 3.8) is 0 Å². The van der Waals surface area contributed by atoms with Crippen LogP contribution in [-0.2, 0) is 21.2 Å². The highest BCUT2D eigenvalue weighted by Gasteiger charge is 2.21. The number of carbonyl (C=O) groups excluding carboxylic acids is 1. The van der Waals surface area contributed by atoms with Crippen LogP contribution in [0.25, 0.3) is 0 Å². The number of nitrogens with one attached hydrogen (secondary N) is 1. The number of hydrogen-bond acceptors (Lipinski definition) is 5. The minimum atomic E-state index is -3.58. The maximum Gasteiger partial charge on any atom is 0.242 e. The van der Waals surface area contributed by atoms with E-state index in [-0.39, 0.29) is 23.8 Å². The Labute approximate surface area is 178 Å². The van der Waals surface area contributed by atoms with Crippen LogP contribution in [0.2, 0.25) is 0 Å². The Hall–Kier alpha value is -2.71. The van der Waals surface area contributed by atoms with Crippen molar-refractivity contribution in [3.05, 3.63) is 65.7 Å². The lowest BCUT2D eigenvalue weighted by Crippen LogP contribution is -2.34. The maximum absolute atomic E-state index is 12.5. The van der Waals surface area contributed by atoms with Crippen molar-refractivity contribution < 1.29 is 13.2 Å². The zero-order valence-corrected chi connectivity index (χ0v) is 18.2. The van der Waals surface area contributed by atoms with Crippen molar-refractivity contribution in [2.45, 2.75) is 17.7 Å².